The van der Waals surface area contributed by atoms with Crippen LogP contribution < -0.4 is 5.48 Å². The van der Waals surface area contributed by atoms with Gasteiger partial charge in [0.05, 0.1) is 17.7 Å². The molecule has 0 aliphatic carbocycles. The second kappa shape index (κ2) is 7.60. The summed E-state index contributed by atoms with van der Waals surface area (Å²) in [4.78, 5) is 29.7. The van der Waals surface area contributed by atoms with E-state index in [-0.39, 0.29) is 5.89 Å². The number of likely N-dealkylation sites (tertiary alicyclic amines) is 1. The number of aromatic nitrogens is 2. The van der Waals surface area contributed by atoms with Crippen LogP contribution in [-0.2, 0) is 4.84 Å². The minimum Gasteiger partial charge on any atom is -0.412 e. The molecule has 1 aliphatic heterocycles. The lowest BCUT2D eigenvalue weighted by Gasteiger charge is -2.20. The van der Waals surface area contributed by atoms with Crippen molar-refractivity contribution in [1.82, 2.24) is 20.6 Å². The molecule has 2 aromatic rings. The quantitative estimate of drug-likeness (QED) is 0.830. The van der Waals surface area contributed by atoms with Gasteiger partial charge >= 0.3 is 17.9 Å². The summed E-state index contributed by atoms with van der Waals surface area (Å²) in [5.41, 5.74) is 2.77. The molecule has 1 aliphatic rings. The van der Waals surface area contributed by atoms with Gasteiger partial charge in [0.1, 0.15) is 6.67 Å². The first-order chi connectivity index (χ1) is 12.6. The topological polar surface area (TPSA) is 121 Å². The van der Waals surface area contributed by atoms with Gasteiger partial charge in [-0.2, -0.15) is 10.7 Å². The van der Waals surface area contributed by atoms with Crippen molar-refractivity contribution in [2.45, 2.75) is 18.9 Å². The van der Waals surface area contributed by atoms with Gasteiger partial charge in [0.2, 0.25) is 5.89 Å². The van der Waals surface area contributed by atoms with Crippen molar-refractivity contribution in [3.8, 4) is 17.5 Å². The third-order valence-corrected chi connectivity index (χ3v) is 3.88. The molecule has 1 aromatic heterocycles. The maximum absolute atomic E-state index is 12.8. The van der Waals surface area contributed by atoms with Gasteiger partial charge in [-0.05, 0) is 31.0 Å². The Hall–Kier alpha value is -3.48. The molecule has 3 rings (SSSR count). The molecule has 1 saturated heterocycles. The molecule has 2 heterocycles. The molecule has 0 saturated carbocycles. The van der Waals surface area contributed by atoms with Crippen LogP contribution in [0.3, 0.4) is 0 Å². The Morgan fingerprint density at radius 3 is 3.08 bits per heavy atom. The van der Waals surface area contributed by atoms with Gasteiger partial charge in [-0.1, -0.05) is 6.07 Å². The van der Waals surface area contributed by atoms with Crippen LogP contribution in [0, 0.1) is 11.3 Å². The Labute approximate surface area is 147 Å². The van der Waals surface area contributed by atoms with Crippen molar-refractivity contribution in [2.75, 3.05) is 13.2 Å². The van der Waals surface area contributed by atoms with Gasteiger partial charge in [0.15, 0.2) is 0 Å². The van der Waals surface area contributed by atoms with Crippen molar-refractivity contribution in [3.05, 3.63) is 35.7 Å². The van der Waals surface area contributed by atoms with E-state index in [0.29, 0.717) is 30.5 Å². The van der Waals surface area contributed by atoms with Gasteiger partial charge in [-0.25, -0.2) is 9.18 Å². The van der Waals surface area contributed by atoms with Crippen molar-refractivity contribution in [2.24, 2.45) is 0 Å². The number of hydroxylamine groups is 1. The first-order valence-electron chi connectivity index (χ1n) is 7.80. The number of carbonyl (C=O) groups excluding carboxylic acids is 2. The number of nitrogens with one attached hydrogen (secondary N) is 1. The van der Waals surface area contributed by atoms with Gasteiger partial charge in [-0.3, -0.25) is 4.79 Å². The molecular formula is C16H14FN5O4. The predicted molar refractivity (Wildman–Crippen MR) is 84.1 cm³/mol. The van der Waals surface area contributed by atoms with Crippen LogP contribution in [0.1, 0.15) is 29.1 Å². The number of amides is 2. The van der Waals surface area contributed by atoms with Gasteiger partial charge in [0.25, 0.3) is 0 Å². The van der Waals surface area contributed by atoms with Crippen molar-refractivity contribution in [1.29, 1.82) is 5.26 Å². The highest BCUT2D eigenvalue weighted by Gasteiger charge is 2.30. The molecule has 1 aromatic carbocycles. The maximum atomic E-state index is 12.8. The minimum atomic E-state index is -0.912. The zero-order chi connectivity index (χ0) is 18.5. The van der Waals surface area contributed by atoms with E-state index in [0.717, 1.165) is 0 Å². The Morgan fingerprint density at radius 1 is 1.46 bits per heavy atom. The van der Waals surface area contributed by atoms with Crippen LogP contribution in [0.15, 0.2) is 28.7 Å². The lowest BCUT2D eigenvalue weighted by Crippen LogP contribution is -2.41. The standard InChI is InChI=1S/C16H14FN5O4/c17-8-12-5-2-6-22(12)16(24)26-21-13(23)15-20-19-14(25-15)11-4-1-3-10(7-11)9-18/h1,3-4,7,12H,2,5-6,8H2,(H,21,23). The van der Waals surface area contributed by atoms with E-state index in [4.69, 9.17) is 9.68 Å². The SMILES string of the molecule is N#Cc1cccc(-c2nnc(C(=O)NOC(=O)N3CCCC3CF)o2)c1. The fraction of sp³-hybridized carbons (Fsp3) is 0.312. The van der Waals surface area contributed by atoms with Crippen LogP contribution in [0.2, 0.25) is 0 Å². The number of hydrogen-bond acceptors (Lipinski definition) is 7. The second-order valence-corrected chi connectivity index (χ2v) is 5.55. The molecule has 1 atom stereocenters. The number of benzene rings is 1. The highest BCUT2D eigenvalue weighted by molar-refractivity contribution is 5.89. The average Bonchev–Trinajstić information content (AvgIpc) is 3.35. The second-order valence-electron chi connectivity index (χ2n) is 5.55. The summed E-state index contributed by atoms with van der Waals surface area (Å²) in [6, 6.07) is 7.85. The molecule has 0 bridgehead atoms. The molecule has 1 N–H and O–H groups in total. The first kappa shape index (κ1) is 17.3. The Balaban J connectivity index is 1.61. The van der Waals surface area contributed by atoms with E-state index >= 15 is 0 Å². The summed E-state index contributed by atoms with van der Waals surface area (Å²) < 4.78 is 18.0. The number of hydrogen-bond donors (Lipinski definition) is 1. The van der Waals surface area contributed by atoms with E-state index in [2.05, 4.69) is 15.0 Å². The van der Waals surface area contributed by atoms with Gasteiger partial charge in [0, 0.05) is 12.1 Å². The number of alkyl halides is 1. The highest BCUT2D eigenvalue weighted by atomic mass is 19.1. The zero-order valence-corrected chi connectivity index (χ0v) is 13.5. The van der Waals surface area contributed by atoms with Crippen LogP contribution in [0.5, 0.6) is 0 Å². The molecule has 1 fully saturated rings. The fourth-order valence-corrected chi connectivity index (χ4v) is 2.58. The summed E-state index contributed by atoms with van der Waals surface area (Å²) >= 11 is 0. The molecule has 2 amide bonds. The summed E-state index contributed by atoms with van der Waals surface area (Å²) in [6.07, 6.45) is 0.376. The van der Waals surface area contributed by atoms with Crippen LogP contribution in [0.4, 0.5) is 9.18 Å². The van der Waals surface area contributed by atoms with Gasteiger partial charge < -0.3 is 14.2 Å². The maximum Gasteiger partial charge on any atom is 0.434 e. The number of halogens is 1. The Bertz CT molecular complexity index is 862. The highest BCUT2D eigenvalue weighted by Crippen LogP contribution is 2.20. The smallest absolute Gasteiger partial charge is 0.412 e. The lowest BCUT2D eigenvalue weighted by molar-refractivity contribution is 0.0365. The molecule has 26 heavy (non-hydrogen) atoms. The average molecular weight is 359 g/mol. The van der Waals surface area contributed by atoms with E-state index in [1.54, 1.807) is 18.2 Å². The lowest BCUT2D eigenvalue weighted by atomic mass is 10.1. The van der Waals surface area contributed by atoms with E-state index in [9.17, 15) is 14.0 Å². The largest absolute Gasteiger partial charge is 0.434 e. The molecule has 9 nitrogen and oxygen atoms in total. The van der Waals surface area contributed by atoms with E-state index in [1.165, 1.54) is 11.0 Å². The number of nitrogens with zero attached hydrogens (tertiary/aromatic N) is 4. The Kier molecular flexibility index (Phi) is 5.07. The Morgan fingerprint density at radius 2 is 2.31 bits per heavy atom. The predicted octanol–water partition coefficient (Wildman–Crippen LogP) is 1.82. The third kappa shape index (κ3) is 3.61. The minimum absolute atomic E-state index is 0.0376. The van der Waals surface area contributed by atoms with Crippen molar-refractivity contribution in [3.63, 3.8) is 0 Å². The number of carbonyl (C=O) groups is 2. The molecule has 0 spiro atoms. The number of nitriles is 1. The zero-order valence-electron chi connectivity index (χ0n) is 13.5. The third-order valence-electron chi connectivity index (χ3n) is 3.88. The van der Waals surface area contributed by atoms with Crippen LogP contribution >= 0.6 is 0 Å². The monoisotopic (exact) mass is 359 g/mol. The first-order valence-corrected chi connectivity index (χ1v) is 7.80. The normalized spacial score (nSPS) is 16.2. The summed E-state index contributed by atoms with van der Waals surface area (Å²) in [5.74, 6) is -1.29. The molecule has 134 valence electrons. The summed E-state index contributed by atoms with van der Waals surface area (Å²) in [5, 5.41) is 16.2. The van der Waals surface area contributed by atoms with Crippen molar-refractivity contribution >= 4 is 12.0 Å². The van der Waals surface area contributed by atoms with E-state index in [1.807, 2.05) is 11.5 Å². The van der Waals surface area contributed by atoms with E-state index < -0.39 is 30.6 Å². The molecular weight excluding hydrogens is 345 g/mol. The molecule has 0 radical (unpaired) electrons. The fourth-order valence-electron chi connectivity index (χ4n) is 2.58. The molecule has 1 unspecified atom stereocenters. The van der Waals surface area contributed by atoms with Crippen LogP contribution in [0.25, 0.3) is 11.5 Å². The summed E-state index contributed by atoms with van der Waals surface area (Å²) in [7, 11) is 0. The van der Waals surface area contributed by atoms with Gasteiger partial charge in [-0.15, -0.1) is 10.2 Å². The van der Waals surface area contributed by atoms with Crippen molar-refractivity contribution < 1.29 is 23.2 Å². The summed E-state index contributed by atoms with van der Waals surface area (Å²) in [6.45, 7) is -0.305. The molecule has 10 heteroatoms. The van der Waals surface area contributed by atoms with Crippen LogP contribution in [-0.4, -0.2) is 46.4 Å². The number of rotatable bonds is 3.